The van der Waals surface area contributed by atoms with Crippen molar-refractivity contribution in [2.24, 2.45) is 0 Å². The van der Waals surface area contributed by atoms with Gasteiger partial charge in [-0.1, -0.05) is 29.8 Å². The van der Waals surface area contributed by atoms with Gasteiger partial charge in [-0.05, 0) is 27.6 Å². The molecule has 0 atom stereocenters. The lowest BCUT2D eigenvalue weighted by Gasteiger charge is -2.06. The van der Waals surface area contributed by atoms with Crippen molar-refractivity contribution in [2.75, 3.05) is 11.9 Å². The van der Waals surface area contributed by atoms with E-state index in [0.717, 1.165) is 10.2 Å². The minimum Gasteiger partial charge on any atom is -0.304 e. The Kier molecular flexibility index (Phi) is 7.47. The third-order valence-corrected chi connectivity index (χ3v) is 4.12. The normalized spacial score (nSPS) is 9.90. The zero-order valence-corrected chi connectivity index (χ0v) is 14.2. The third kappa shape index (κ3) is 5.38. The second-order valence-electron chi connectivity index (χ2n) is 3.72. The van der Waals surface area contributed by atoms with Gasteiger partial charge in [-0.15, -0.1) is 23.7 Å². The number of anilines is 1. The van der Waals surface area contributed by atoms with Crippen LogP contribution in [0.1, 0.15) is 5.56 Å². The van der Waals surface area contributed by atoms with Crippen LogP contribution in [0, 0.1) is 0 Å². The molecule has 0 radical (unpaired) electrons. The third-order valence-electron chi connectivity index (χ3n) is 2.28. The first-order chi connectivity index (χ1) is 9.15. The molecule has 0 aliphatic rings. The van der Waals surface area contributed by atoms with Gasteiger partial charge in [0.1, 0.15) is 4.60 Å². The molecule has 4 nitrogen and oxygen atoms in total. The van der Waals surface area contributed by atoms with Gasteiger partial charge in [0.25, 0.3) is 0 Å². The second kappa shape index (κ2) is 8.59. The Morgan fingerprint density at radius 3 is 2.80 bits per heavy atom. The fourth-order valence-corrected chi connectivity index (χ4v) is 2.79. The molecule has 0 bridgehead atoms. The maximum Gasteiger partial charge on any atom is 0.240 e. The van der Waals surface area contributed by atoms with Crippen LogP contribution in [0.4, 0.5) is 5.13 Å². The van der Waals surface area contributed by atoms with Crippen molar-refractivity contribution < 1.29 is 4.79 Å². The molecule has 0 saturated heterocycles. The zero-order valence-electron chi connectivity index (χ0n) is 10.2. The Morgan fingerprint density at radius 2 is 2.15 bits per heavy atom. The van der Waals surface area contributed by atoms with Crippen LogP contribution >= 0.6 is 51.3 Å². The van der Waals surface area contributed by atoms with Crippen LogP contribution < -0.4 is 10.6 Å². The molecule has 2 rings (SSSR count). The fourth-order valence-electron chi connectivity index (χ4n) is 1.43. The SMILES string of the molecule is Cl.O=C(CNCc1ccccc1Cl)Nc1nc(Br)cs1. The summed E-state index contributed by atoms with van der Waals surface area (Å²) >= 11 is 10.6. The average molecular weight is 397 g/mol. The van der Waals surface area contributed by atoms with Crippen LogP contribution in [0.25, 0.3) is 0 Å². The molecule has 1 aromatic heterocycles. The number of nitrogens with one attached hydrogen (secondary N) is 2. The number of thiazole rings is 1. The number of halogens is 3. The van der Waals surface area contributed by atoms with Crippen LogP contribution in [0.15, 0.2) is 34.2 Å². The number of hydrogen-bond donors (Lipinski definition) is 2. The molecule has 1 aromatic carbocycles. The average Bonchev–Trinajstić information content (AvgIpc) is 2.77. The van der Waals surface area contributed by atoms with Crippen LogP contribution in [-0.2, 0) is 11.3 Å². The van der Waals surface area contributed by atoms with E-state index < -0.39 is 0 Å². The van der Waals surface area contributed by atoms with Crippen LogP contribution in [-0.4, -0.2) is 17.4 Å². The predicted molar refractivity (Wildman–Crippen MR) is 88.9 cm³/mol. The summed E-state index contributed by atoms with van der Waals surface area (Å²) in [6, 6.07) is 7.53. The topological polar surface area (TPSA) is 54.0 Å². The first-order valence-corrected chi connectivity index (χ1v) is 7.55. The van der Waals surface area contributed by atoms with Crippen molar-refractivity contribution in [1.82, 2.24) is 10.3 Å². The highest BCUT2D eigenvalue weighted by molar-refractivity contribution is 9.10. The maximum atomic E-state index is 11.6. The molecule has 20 heavy (non-hydrogen) atoms. The predicted octanol–water partition coefficient (Wildman–Crippen LogP) is 3.71. The van der Waals surface area contributed by atoms with Gasteiger partial charge in [-0.2, -0.15) is 0 Å². The van der Waals surface area contributed by atoms with Crippen molar-refractivity contribution >= 4 is 62.3 Å². The molecule has 2 N–H and O–H groups in total. The Labute approximate surface area is 140 Å². The summed E-state index contributed by atoms with van der Waals surface area (Å²) in [5.41, 5.74) is 0.967. The largest absolute Gasteiger partial charge is 0.304 e. The smallest absolute Gasteiger partial charge is 0.240 e. The van der Waals surface area contributed by atoms with Gasteiger partial charge < -0.3 is 10.6 Å². The van der Waals surface area contributed by atoms with Gasteiger partial charge in [-0.25, -0.2) is 4.98 Å². The summed E-state index contributed by atoms with van der Waals surface area (Å²) in [6.07, 6.45) is 0. The van der Waals surface area contributed by atoms with Crippen molar-refractivity contribution in [3.05, 3.63) is 44.8 Å². The van der Waals surface area contributed by atoms with Crippen LogP contribution in [0.5, 0.6) is 0 Å². The standard InChI is InChI=1S/C12H11BrClN3OS.ClH/c13-10-7-19-12(16-10)17-11(18)6-15-5-8-3-1-2-4-9(8)14;/h1-4,7,15H,5-6H2,(H,16,17,18);1H. The zero-order chi connectivity index (χ0) is 13.7. The Balaban J connectivity index is 0.00000200. The summed E-state index contributed by atoms with van der Waals surface area (Å²) in [6.45, 7) is 0.761. The van der Waals surface area contributed by atoms with Gasteiger partial charge in [0.05, 0.1) is 6.54 Å². The monoisotopic (exact) mass is 395 g/mol. The van der Waals surface area contributed by atoms with Crippen LogP contribution in [0.2, 0.25) is 5.02 Å². The van der Waals surface area contributed by atoms with E-state index in [4.69, 9.17) is 11.6 Å². The summed E-state index contributed by atoms with van der Waals surface area (Å²) in [5, 5.41) is 8.83. The number of nitrogens with zero attached hydrogens (tertiary/aromatic N) is 1. The number of hydrogen-bond acceptors (Lipinski definition) is 4. The molecule has 0 aliphatic heterocycles. The molecule has 1 heterocycles. The highest BCUT2D eigenvalue weighted by Crippen LogP contribution is 2.19. The summed E-state index contributed by atoms with van der Waals surface area (Å²) in [5.74, 6) is -0.131. The minimum absolute atomic E-state index is 0. The maximum absolute atomic E-state index is 11.6. The van der Waals surface area contributed by atoms with Gasteiger partial charge in [0, 0.05) is 16.9 Å². The Morgan fingerprint density at radius 1 is 1.40 bits per heavy atom. The highest BCUT2D eigenvalue weighted by Gasteiger charge is 2.05. The molecule has 108 valence electrons. The van der Waals surface area contributed by atoms with Gasteiger partial charge >= 0.3 is 0 Å². The molecule has 2 aromatic rings. The highest BCUT2D eigenvalue weighted by atomic mass is 79.9. The second-order valence-corrected chi connectivity index (χ2v) is 5.80. The van der Waals surface area contributed by atoms with E-state index in [1.807, 2.05) is 29.6 Å². The number of benzene rings is 1. The first kappa shape index (κ1) is 17.4. The summed E-state index contributed by atoms with van der Waals surface area (Å²) in [7, 11) is 0. The molecular formula is C12H12BrCl2N3OS. The Bertz CT molecular complexity index is 579. The fraction of sp³-hybridized carbons (Fsp3) is 0.167. The van der Waals surface area contributed by atoms with Gasteiger partial charge in [0.2, 0.25) is 5.91 Å². The number of carbonyl (C=O) groups is 1. The molecule has 0 spiro atoms. The van der Waals surface area contributed by atoms with E-state index in [2.05, 4.69) is 31.5 Å². The molecule has 0 unspecified atom stereocenters. The quantitative estimate of drug-likeness (QED) is 0.809. The van der Waals surface area contributed by atoms with E-state index in [9.17, 15) is 4.79 Å². The number of amides is 1. The van der Waals surface area contributed by atoms with Crippen molar-refractivity contribution in [3.8, 4) is 0 Å². The lowest BCUT2D eigenvalue weighted by atomic mass is 10.2. The molecule has 0 aliphatic carbocycles. The number of carbonyl (C=O) groups excluding carboxylic acids is 1. The molecular weight excluding hydrogens is 385 g/mol. The number of rotatable bonds is 5. The van der Waals surface area contributed by atoms with Crippen molar-refractivity contribution in [1.29, 1.82) is 0 Å². The molecule has 1 amide bonds. The minimum atomic E-state index is -0.131. The first-order valence-electron chi connectivity index (χ1n) is 5.50. The summed E-state index contributed by atoms with van der Waals surface area (Å²) < 4.78 is 0.719. The Hall–Kier alpha value is -0.660. The lowest BCUT2D eigenvalue weighted by Crippen LogP contribution is -2.27. The summed E-state index contributed by atoms with van der Waals surface area (Å²) in [4.78, 5) is 15.7. The molecule has 8 heteroatoms. The van der Waals surface area contributed by atoms with E-state index >= 15 is 0 Å². The van der Waals surface area contributed by atoms with E-state index in [-0.39, 0.29) is 24.9 Å². The molecule has 0 saturated carbocycles. The van der Waals surface area contributed by atoms with E-state index in [1.165, 1.54) is 11.3 Å². The lowest BCUT2D eigenvalue weighted by molar-refractivity contribution is -0.115. The van der Waals surface area contributed by atoms with Gasteiger partial charge in [-0.3, -0.25) is 4.79 Å². The van der Waals surface area contributed by atoms with Gasteiger partial charge in [0.15, 0.2) is 5.13 Å². The van der Waals surface area contributed by atoms with E-state index in [1.54, 1.807) is 0 Å². The van der Waals surface area contributed by atoms with Crippen LogP contribution in [0.3, 0.4) is 0 Å². The van der Waals surface area contributed by atoms with E-state index in [0.29, 0.717) is 16.7 Å². The molecule has 0 fully saturated rings. The van der Waals surface area contributed by atoms with Crippen molar-refractivity contribution in [2.45, 2.75) is 6.54 Å². The van der Waals surface area contributed by atoms with Crippen molar-refractivity contribution in [3.63, 3.8) is 0 Å². The number of aromatic nitrogens is 1.